The molecule has 1 heterocycles. The molecule has 94 valence electrons. The summed E-state index contributed by atoms with van der Waals surface area (Å²) in [6, 6.07) is 4.22. The third kappa shape index (κ3) is 2.18. The highest BCUT2D eigenvalue weighted by atomic mass is 19.1. The van der Waals surface area contributed by atoms with E-state index in [1.165, 1.54) is 25.1 Å². The number of benzene rings is 1. The molecule has 3 nitrogen and oxygen atoms in total. The molecule has 0 saturated carbocycles. The van der Waals surface area contributed by atoms with Crippen molar-refractivity contribution >= 4 is 5.78 Å². The molecular formula is C14H15FN2O. The molecule has 1 aromatic carbocycles. The first-order valence-electron chi connectivity index (χ1n) is 5.87. The largest absolute Gasteiger partial charge is 0.294 e. The lowest BCUT2D eigenvalue weighted by atomic mass is 9.98. The Bertz CT molecular complexity index is 602. The van der Waals surface area contributed by atoms with Gasteiger partial charge in [-0.15, -0.1) is 0 Å². The van der Waals surface area contributed by atoms with Crippen LogP contribution in [0.2, 0.25) is 0 Å². The molecule has 0 aliphatic rings. The second-order valence-electron chi connectivity index (χ2n) is 4.23. The van der Waals surface area contributed by atoms with Crippen molar-refractivity contribution in [3.05, 3.63) is 41.5 Å². The van der Waals surface area contributed by atoms with Gasteiger partial charge >= 0.3 is 0 Å². The van der Waals surface area contributed by atoms with Crippen molar-refractivity contribution in [2.24, 2.45) is 0 Å². The van der Waals surface area contributed by atoms with Crippen LogP contribution in [0.15, 0.2) is 24.4 Å². The second kappa shape index (κ2) is 4.72. The molecular weight excluding hydrogens is 231 g/mol. The van der Waals surface area contributed by atoms with E-state index in [2.05, 4.69) is 5.10 Å². The van der Waals surface area contributed by atoms with E-state index in [0.29, 0.717) is 11.1 Å². The van der Waals surface area contributed by atoms with Crippen LogP contribution >= 0.6 is 0 Å². The molecule has 0 saturated heterocycles. The molecule has 0 fully saturated rings. The molecule has 0 bridgehead atoms. The predicted molar refractivity (Wildman–Crippen MR) is 68.0 cm³/mol. The number of ketones is 1. The zero-order chi connectivity index (χ0) is 13.3. The highest BCUT2D eigenvalue weighted by Crippen LogP contribution is 2.27. The number of hydrogen-bond acceptors (Lipinski definition) is 2. The lowest BCUT2D eigenvalue weighted by Crippen LogP contribution is -1.97. The molecule has 4 heteroatoms. The van der Waals surface area contributed by atoms with Gasteiger partial charge in [-0.2, -0.15) is 5.10 Å². The van der Waals surface area contributed by atoms with Crippen LogP contribution in [-0.2, 0) is 6.54 Å². The number of nitrogens with zero attached hydrogens (tertiary/aromatic N) is 2. The molecule has 2 aromatic rings. The lowest BCUT2D eigenvalue weighted by molar-refractivity contribution is 0.101. The maximum Gasteiger partial charge on any atom is 0.160 e. The van der Waals surface area contributed by atoms with Gasteiger partial charge in [0.25, 0.3) is 0 Å². The quantitative estimate of drug-likeness (QED) is 0.779. The van der Waals surface area contributed by atoms with Crippen LogP contribution in [-0.4, -0.2) is 15.6 Å². The summed E-state index contributed by atoms with van der Waals surface area (Å²) in [7, 11) is 0. The summed E-state index contributed by atoms with van der Waals surface area (Å²) in [5, 5.41) is 4.32. The Hall–Kier alpha value is -1.97. The fourth-order valence-electron chi connectivity index (χ4n) is 1.99. The van der Waals surface area contributed by atoms with Crippen LogP contribution in [0.5, 0.6) is 0 Å². The molecule has 0 N–H and O–H groups in total. The smallest absolute Gasteiger partial charge is 0.160 e. The highest BCUT2D eigenvalue weighted by molar-refractivity contribution is 6.01. The van der Waals surface area contributed by atoms with Gasteiger partial charge in [0.1, 0.15) is 5.82 Å². The summed E-state index contributed by atoms with van der Waals surface area (Å²) in [5.74, 6) is -0.424. The number of Topliss-reactive ketones (excluding diaryl/α,β-unsaturated/α-hetero) is 1. The zero-order valence-electron chi connectivity index (χ0n) is 10.7. The summed E-state index contributed by atoms with van der Waals surface area (Å²) in [4.78, 5) is 11.6. The van der Waals surface area contributed by atoms with Crippen LogP contribution in [0.1, 0.15) is 29.9 Å². The molecule has 0 atom stereocenters. The van der Waals surface area contributed by atoms with Crippen molar-refractivity contribution in [3.63, 3.8) is 0 Å². The Morgan fingerprint density at radius 2 is 2.11 bits per heavy atom. The van der Waals surface area contributed by atoms with E-state index in [4.69, 9.17) is 0 Å². The number of aromatic nitrogens is 2. The van der Waals surface area contributed by atoms with Crippen LogP contribution < -0.4 is 0 Å². The third-order valence-corrected chi connectivity index (χ3v) is 2.92. The van der Waals surface area contributed by atoms with Gasteiger partial charge in [-0.1, -0.05) is 0 Å². The first kappa shape index (κ1) is 12.5. The van der Waals surface area contributed by atoms with Gasteiger partial charge < -0.3 is 0 Å². The van der Waals surface area contributed by atoms with Gasteiger partial charge in [0.2, 0.25) is 0 Å². The Kier molecular flexibility index (Phi) is 3.28. The molecule has 0 unspecified atom stereocenters. The Balaban J connectivity index is 2.64. The van der Waals surface area contributed by atoms with E-state index >= 15 is 0 Å². The molecule has 2 rings (SSSR count). The van der Waals surface area contributed by atoms with Crippen molar-refractivity contribution < 1.29 is 9.18 Å². The third-order valence-electron chi connectivity index (χ3n) is 2.92. The highest BCUT2D eigenvalue weighted by Gasteiger charge is 2.14. The van der Waals surface area contributed by atoms with E-state index in [0.717, 1.165) is 17.8 Å². The summed E-state index contributed by atoms with van der Waals surface area (Å²) < 4.78 is 15.2. The average molecular weight is 246 g/mol. The zero-order valence-corrected chi connectivity index (χ0v) is 10.7. The summed E-state index contributed by atoms with van der Waals surface area (Å²) in [5.41, 5.74) is 2.74. The molecule has 0 spiro atoms. The van der Waals surface area contributed by atoms with Crippen molar-refractivity contribution in [1.29, 1.82) is 0 Å². The predicted octanol–water partition coefficient (Wildman–Crippen LogP) is 3.22. The van der Waals surface area contributed by atoms with E-state index in [1.807, 2.05) is 20.0 Å². The van der Waals surface area contributed by atoms with Gasteiger partial charge in [0.05, 0.1) is 5.69 Å². The van der Waals surface area contributed by atoms with Crippen LogP contribution in [0, 0.1) is 12.7 Å². The van der Waals surface area contributed by atoms with Gasteiger partial charge in [-0.25, -0.2) is 4.39 Å². The van der Waals surface area contributed by atoms with Crippen LogP contribution in [0.3, 0.4) is 0 Å². The Morgan fingerprint density at radius 1 is 1.39 bits per heavy atom. The number of halogens is 1. The van der Waals surface area contributed by atoms with E-state index < -0.39 is 0 Å². The summed E-state index contributed by atoms with van der Waals surface area (Å²) in [6.45, 7) is 6.06. The van der Waals surface area contributed by atoms with Gasteiger partial charge in [0.15, 0.2) is 5.78 Å². The molecule has 0 radical (unpaired) electrons. The average Bonchev–Trinajstić information content (AvgIpc) is 2.70. The second-order valence-corrected chi connectivity index (χ2v) is 4.23. The molecule has 1 aromatic heterocycles. The summed E-state index contributed by atoms with van der Waals surface area (Å²) >= 11 is 0. The standard InChI is InChI=1S/C14H15FN2O/c1-4-17-8-14(9(2)16-17)13-7-11(15)5-6-12(13)10(3)18/h5-8H,4H2,1-3H3. The van der Waals surface area contributed by atoms with Crippen molar-refractivity contribution in [3.8, 4) is 11.1 Å². The van der Waals surface area contributed by atoms with Gasteiger partial charge in [-0.05, 0) is 44.5 Å². The topological polar surface area (TPSA) is 34.9 Å². The maximum atomic E-state index is 13.4. The minimum absolute atomic E-state index is 0.0753. The number of aryl methyl sites for hydroxylation is 2. The number of hydrogen-bond donors (Lipinski definition) is 0. The summed E-state index contributed by atoms with van der Waals surface area (Å²) in [6.07, 6.45) is 1.84. The normalized spacial score (nSPS) is 10.7. The molecule has 0 amide bonds. The molecule has 0 aliphatic heterocycles. The monoisotopic (exact) mass is 246 g/mol. The van der Waals surface area contributed by atoms with Gasteiger partial charge in [0, 0.05) is 23.9 Å². The first-order valence-corrected chi connectivity index (χ1v) is 5.87. The SMILES string of the molecule is CCn1cc(-c2cc(F)ccc2C(C)=O)c(C)n1. The number of carbonyl (C=O) groups is 1. The maximum absolute atomic E-state index is 13.4. The fourth-order valence-corrected chi connectivity index (χ4v) is 1.99. The number of carbonyl (C=O) groups excluding carboxylic acids is 1. The fraction of sp³-hybridized carbons (Fsp3) is 0.286. The van der Waals surface area contributed by atoms with E-state index in [-0.39, 0.29) is 11.6 Å². The van der Waals surface area contributed by atoms with E-state index in [9.17, 15) is 9.18 Å². The Labute approximate surface area is 105 Å². The lowest BCUT2D eigenvalue weighted by Gasteiger charge is -2.05. The van der Waals surface area contributed by atoms with Crippen LogP contribution in [0.4, 0.5) is 4.39 Å². The van der Waals surface area contributed by atoms with Crippen molar-refractivity contribution in [2.45, 2.75) is 27.3 Å². The number of rotatable bonds is 3. The molecule has 0 aliphatic carbocycles. The van der Waals surface area contributed by atoms with Crippen molar-refractivity contribution in [1.82, 2.24) is 9.78 Å². The Morgan fingerprint density at radius 3 is 2.67 bits per heavy atom. The molecule has 18 heavy (non-hydrogen) atoms. The van der Waals surface area contributed by atoms with E-state index in [1.54, 1.807) is 4.68 Å². The van der Waals surface area contributed by atoms with Crippen LogP contribution in [0.25, 0.3) is 11.1 Å². The minimum Gasteiger partial charge on any atom is -0.294 e. The van der Waals surface area contributed by atoms with Crippen molar-refractivity contribution in [2.75, 3.05) is 0 Å². The van der Waals surface area contributed by atoms with Gasteiger partial charge in [-0.3, -0.25) is 9.48 Å². The first-order chi connectivity index (χ1) is 8.52. The minimum atomic E-state index is -0.348.